The van der Waals surface area contributed by atoms with Crippen LogP contribution in [0.3, 0.4) is 0 Å². The predicted molar refractivity (Wildman–Crippen MR) is 99.4 cm³/mol. The summed E-state index contributed by atoms with van der Waals surface area (Å²) in [6.45, 7) is 0. The Morgan fingerprint density at radius 2 is 1.22 bits per heavy atom. The van der Waals surface area contributed by atoms with E-state index in [2.05, 4.69) is 42.5 Å². The number of nitrogens with one attached hydrogen (secondary N) is 2. The van der Waals surface area contributed by atoms with Crippen LogP contribution in [0.4, 0.5) is 11.4 Å². The molecule has 6 heteroatoms. The van der Waals surface area contributed by atoms with Crippen LogP contribution in [0.1, 0.15) is 19.3 Å². The van der Waals surface area contributed by atoms with Crippen molar-refractivity contribution in [1.29, 1.82) is 0 Å². The molecule has 120 valence electrons. The molecule has 0 saturated heterocycles. The standard InChI is InChI=1S/C17H16Br2N2O2/c18-12-4-1-6-14(10-12)20-16(22)8-3-9-17(23)21-15-7-2-5-13(19)11-15/h1-2,4-7,10-11H,3,8-9H2,(H,20,22)(H,21,23). The fourth-order valence-electron chi connectivity index (χ4n) is 1.99. The van der Waals surface area contributed by atoms with E-state index in [0.717, 1.165) is 20.3 Å². The van der Waals surface area contributed by atoms with Crippen molar-refractivity contribution in [2.45, 2.75) is 19.3 Å². The number of carbonyl (C=O) groups is 2. The molecular formula is C17H16Br2N2O2. The summed E-state index contributed by atoms with van der Waals surface area (Å²) < 4.78 is 1.81. The third-order valence-corrected chi connectivity index (χ3v) is 4.01. The van der Waals surface area contributed by atoms with Gasteiger partial charge in [0.05, 0.1) is 0 Å². The van der Waals surface area contributed by atoms with E-state index in [1.807, 2.05) is 48.5 Å². The second-order valence-corrected chi connectivity index (χ2v) is 6.80. The van der Waals surface area contributed by atoms with Crippen molar-refractivity contribution in [2.24, 2.45) is 0 Å². The second-order valence-electron chi connectivity index (χ2n) is 4.97. The molecule has 0 fully saturated rings. The van der Waals surface area contributed by atoms with Crippen molar-refractivity contribution in [2.75, 3.05) is 10.6 Å². The molecule has 0 aliphatic rings. The molecule has 0 bridgehead atoms. The maximum atomic E-state index is 11.8. The average Bonchev–Trinajstić information content (AvgIpc) is 2.47. The summed E-state index contributed by atoms with van der Waals surface area (Å²) in [5.41, 5.74) is 1.48. The van der Waals surface area contributed by atoms with E-state index in [9.17, 15) is 9.59 Å². The van der Waals surface area contributed by atoms with E-state index >= 15 is 0 Å². The van der Waals surface area contributed by atoms with E-state index < -0.39 is 0 Å². The van der Waals surface area contributed by atoms with Crippen LogP contribution in [0.15, 0.2) is 57.5 Å². The van der Waals surface area contributed by atoms with Crippen molar-refractivity contribution in [3.05, 3.63) is 57.5 Å². The van der Waals surface area contributed by atoms with E-state index in [0.29, 0.717) is 19.3 Å². The lowest BCUT2D eigenvalue weighted by Crippen LogP contribution is -2.14. The van der Waals surface area contributed by atoms with Crippen molar-refractivity contribution in [3.8, 4) is 0 Å². The van der Waals surface area contributed by atoms with Crippen LogP contribution in [-0.4, -0.2) is 11.8 Å². The number of rotatable bonds is 6. The second kappa shape index (κ2) is 8.84. The topological polar surface area (TPSA) is 58.2 Å². The number of halogens is 2. The van der Waals surface area contributed by atoms with Gasteiger partial charge < -0.3 is 10.6 Å². The molecule has 2 rings (SSSR count). The Morgan fingerprint density at radius 3 is 1.61 bits per heavy atom. The SMILES string of the molecule is O=C(CCCC(=O)Nc1cccc(Br)c1)Nc1cccc(Br)c1. The number of hydrogen-bond acceptors (Lipinski definition) is 2. The van der Waals surface area contributed by atoms with E-state index in [-0.39, 0.29) is 11.8 Å². The Morgan fingerprint density at radius 1 is 0.783 bits per heavy atom. The lowest BCUT2D eigenvalue weighted by Gasteiger charge is -2.07. The van der Waals surface area contributed by atoms with Gasteiger partial charge in [0.15, 0.2) is 0 Å². The molecule has 4 nitrogen and oxygen atoms in total. The van der Waals surface area contributed by atoms with Crippen LogP contribution in [0.25, 0.3) is 0 Å². The van der Waals surface area contributed by atoms with Crippen LogP contribution in [0.5, 0.6) is 0 Å². The van der Waals surface area contributed by atoms with Crippen molar-refractivity contribution in [3.63, 3.8) is 0 Å². The molecule has 2 aromatic carbocycles. The highest BCUT2D eigenvalue weighted by molar-refractivity contribution is 9.10. The van der Waals surface area contributed by atoms with Crippen molar-refractivity contribution in [1.82, 2.24) is 0 Å². The Bertz CT molecular complexity index is 645. The monoisotopic (exact) mass is 438 g/mol. The van der Waals surface area contributed by atoms with Gasteiger partial charge >= 0.3 is 0 Å². The Hall–Kier alpha value is -1.66. The number of benzene rings is 2. The highest BCUT2D eigenvalue weighted by Crippen LogP contribution is 2.17. The molecule has 0 atom stereocenters. The third-order valence-electron chi connectivity index (χ3n) is 3.02. The zero-order valence-electron chi connectivity index (χ0n) is 12.3. The molecule has 0 spiro atoms. The molecule has 0 saturated carbocycles. The van der Waals surface area contributed by atoms with Gasteiger partial charge in [-0.2, -0.15) is 0 Å². The first-order chi connectivity index (χ1) is 11.0. The Kier molecular flexibility index (Phi) is 6.80. The van der Waals surface area contributed by atoms with E-state index in [1.54, 1.807) is 0 Å². The van der Waals surface area contributed by atoms with Gasteiger partial charge in [0.2, 0.25) is 11.8 Å². The quantitative estimate of drug-likeness (QED) is 0.668. The Labute approximate surface area is 151 Å². The minimum atomic E-state index is -0.0987. The van der Waals surface area contributed by atoms with Crippen LogP contribution < -0.4 is 10.6 Å². The number of anilines is 2. The molecule has 0 radical (unpaired) electrons. The van der Waals surface area contributed by atoms with Gasteiger partial charge in [-0.3, -0.25) is 9.59 Å². The minimum Gasteiger partial charge on any atom is -0.326 e. The fraction of sp³-hybridized carbons (Fsp3) is 0.176. The van der Waals surface area contributed by atoms with Crippen molar-refractivity contribution >= 4 is 55.0 Å². The predicted octanol–water partition coefficient (Wildman–Crippen LogP) is 4.96. The zero-order chi connectivity index (χ0) is 16.7. The average molecular weight is 440 g/mol. The van der Waals surface area contributed by atoms with Gasteiger partial charge in [0, 0.05) is 33.2 Å². The molecule has 23 heavy (non-hydrogen) atoms. The molecule has 2 N–H and O–H groups in total. The molecular weight excluding hydrogens is 424 g/mol. The minimum absolute atomic E-state index is 0.0987. The summed E-state index contributed by atoms with van der Waals surface area (Å²) in [5, 5.41) is 5.61. The third kappa shape index (κ3) is 6.54. The maximum absolute atomic E-state index is 11.8. The smallest absolute Gasteiger partial charge is 0.224 e. The van der Waals surface area contributed by atoms with Crippen molar-refractivity contribution < 1.29 is 9.59 Å². The Balaban J connectivity index is 1.71. The maximum Gasteiger partial charge on any atom is 0.224 e. The van der Waals surface area contributed by atoms with Gasteiger partial charge in [0.1, 0.15) is 0 Å². The van der Waals surface area contributed by atoms with Crippen LogP contribution in [0.2, 0.25) is 0 Å². The fourth-order valence-corrected chi connectivity index (χ4v) is 2.79. The highest BCUT2D eigenvalue weighted by atomic mass is 79.9. The zero-order valence-corrected chi connectivity index (χ0v) is 15.5. The van der Waals surface area contributed by atoms with Crippen LogP contribution >= 0.6 is 31.9 Å². The molecule has 0 aliphatic heterocycles. The summed E-state index contributed by atoms with van der Waals surface area (Å²) in [7, 11) is 0. The number of carbonyl (C=O) groups excluding carboxylic acids is 2. The van der Waals surface area contributed by atoms with Gasteiger partial charge in [0.25, 0.3) is 0 Å². The molecule has 2 amide bonds. The molecule has 0 aliphatic carbocycles. The summed E-state index contributed by atoms with van der Waals surface area (Å²) in [5.74, 6) is -0.197. The first-order valence-corrected chi connectivity index (χ1v) is 8.72. The first kappa shape index (κ1) is 17.7. The van der Waals surface area contributed by atoms with E-state index in [1.165, 1.54) is 0 Å². The lowest BCUT2D eigenvalue weighted by atomic mass is 10.2. The van der Waals surface area contributed by atoms with Crippen LogP contribution in [-0.2, 0) is 9.59 Å². The normalized spacial score (nSPS) is 10.2. The van der Waals surface area contributed by atoms with Gasteiger partial charge in [-0.1, -0.05) is 44.0 Å². The first-order valence-electron chi connectivity index (χ1n) is 7.14. The molecule has 0 heterocycles. The summed E-state index contributed by atoms with van der Waals surface area (Å²) in [4.78, 5) is 23.7. The summed E-state index contributed by atoms with van der Waals surface area (Å²) >= 11 is 6.71. The number of hydrogen-bond donors (Lipinski definition) is 2. The molecule has 0 unspecified atom stereocenters. The molecule has 0 aromatic heterocycles. The number of amides is 2. The summed E-state index contributed by atoms with van der Waals surface area (Å²) in [6.07, 6.45) is 1.11. The lowest BCUT2D eigenvalue weighted by molar-refractivity contribution is -0.117. The van der Waals surface area contributed by atoms with Crippen LogP contribution in [0, 0.1) is 0 Å². The molecule has 2 aromatic rings. The van der Waals surface area contributed by atoms with Gasteiger partial charge in [-0.25, -0.2) is 0 Å². The van der Waals surface area contributed by atoms with Gasteiger partial charge in [-0.15, -0.1) is 0 Å². The van der Waals surface area contributed by atoms with E-state index in [4.69, 9.17) is 0 Å². The summed E-state index contributed by atoms with van der Waals surface area (Å²) in [6, 6.07) is 14.8. The van der Waals surface area contributed by atoms with Gasteiger partial charge in [-0.05, 0) is 42.8 Å². The highest BCUT2D eigenvalue weighted by Gasteiger charge is 2.06. The largest absolute Gasteiger partial charge is 0.326 e.